The second-order valence-electron chi connectivity index (χ2n) is 7.89. The van der Waals surface area contributed by atoms with E-state index in [0.29, 0.717) is 6.10 Å². The molecule has 0 aromatic rings. The molecule has 1 aliphatic rings. The maximum atomic E-state index is 5.66. The van der Waals surface area contributed by atoms with E-state index in [1.807, 2.05) is 13.8 Å². The highest BCUT2D eigenvalue weighted by Crippen LogP contribution is 2.13. The van der Waals surface area contributed by atoms with Crippen molar-refractivity contribution in [2.24, 2.45) is 0 Å². The maximum Gasteiger partial charge on any atom is 0.0809 e. The smallest absolute Gasteiger partial charge is 0.0809 e. The summed E-state index contributed by atoms with van der Waals surface area (Å²) in [5.74, 6) is 0. The summed E-state index contributed by atoms with van der Waals surface area (Å²) in [6.45, 7) is 17.7. The van der Waals surface area contributed by atoms with Crippen LogP contribution in [0.4, 0.5) is 0 Å². The van der Waals surface area contributed by atoms with Crippen LogP contribution in [0.5, 0.6) is 0 Å². The van der Waals surface area contributed by atoms with Gasteiger partial charge in [0.25, 0.3) is 0 Å². The molecule has 0 aliphatic carbocycles. The van der Waals surface area contributed by atoms with Gasteiger partial charge in [0.1, 0.15) is 0 Å². The Morgan fingerprint density at radius 1 is 0.621 bits per heavy atom. The van der Waals surface area contributed by atoms with Gasteiger partial charge >= 0.3 is 0 Å². The zero-order chi connectivity index (χ0) is 22.4. The minimum atomic E-state index is 0.392. The monoisotopic (exact) mass is 416 g/mol. The molecule has 0 spiro atoms. The average Bonchev–Trinajstić information content (AvgIpc) is 3.30. The second-order valence-corrected chi connectivity index (χ2v) is 7.89. The zero-order valence-electron chi connectivity index (χ0n) is 21.8. The van der Waals surface area contributed by atoms with E-state index in [1.165, 1.54) is 103 Å². The summed E-state index contributed by atoms with van der Waals surface area (Å²) in [5, 5.41) is 0. The minimum Gasteiger partial charge on any atom is -0.379 e. The van der Waals surface area contributed by atoms with Crippen LogP contribution in [-0.2, 0) is 9.47 Å². The lowest BCUT2D eigenvalue weighted by atomic mass is 10.1. The van der Waals surface area contributed by atoms with Gasteiger partial charge in [0.15, 0.2) is 0 Å². The summed E-state index contributed by atoms with van der Waals surface area (Å²) in [4.78, 5) is 0. The van der Waals surface area contributed by atoms with Gasteiger partial charge in [-0.2, -0.15) is 0 Å². The molecular formula is C27H60O2. The first-order valence-corrected chi connectivity index (χ1v) is 13.5. The van der Waals surface area contributed by atoms with Crippen molar-refractivity contribution in [3.63, 3.8) is 0 Å². The van der Waals surface area contributed by atoms with Crippen LogP contribution in [0.3, 0.4) is 0 Å². The second kappa shape index (κ2) is 35.4. The van der Waals surface area contributed by atoms with Crippen molar-refractivity contribution in [2.75, 3.05) is 19.8 Å². The molecule has 0 bridgehead atoms. The lowest BCUT2D eigenvalue weighted by Gasteiger charge is -2.09. The fourth-order valence-corrected chi connectivity index (χ4v) is 2.68. The predicted molar refractivity (Wildman–Crippen MR) is 134 cm³/mol. The average molecular weight is 417 g/mol. The standard InChI is InChI=1S/C17H34O2.2C4H10.C2H6/c1-2-3-4-5-6-7-8-9-10-11-14-18-16-17-13-12-15-19-17;2*1-3-4-2;1-2/h17H,2-16H2,1H3;2*3-4H2,1-2H3;1-2H3/t17-;;;/m0.../s1. The summed E-state index contributed by atoms with van der Waals surface area (Å²) in [6, 6.07) is 0. The highest BCUT2D eigenvalue weighted by Gasteiger charge is 2.14. The summed E-state index contributed by atoms with van der Waals surface area (Å²) in [5.41, 5.74) is 0. The van der Waals surface area contributed by atoms with E-state index in [2.05, 4.69) is 34.6 Å². The molecule has 0 aromatic heterocycles. The molecule has 0 unspecified atom stereocenters. The van der Waals surface area contributed by atoms with Gasteiger partial charge in [-0.25, -0.2) is 0 Å². The molecule has 0 saturated carbocycles. The topological polar surface area (TPSA) is 18.5 Å². The van der Waals surface area contributed by atoms with Gasteiger partial charge in [0.05, 0.1) is 12.7 Å². The molecule has 0 aromatic carbocycles. The van der Waals surface area contributed by atoms with Crippen molar-refractivity contribution in [1.29, 1.82) is 0 Å². The van der Waals surface area contributed by atoms with Crippen LogP contribution in [0, 0.1) is 0 Å². The lowest BCUT2D eigenvalue weighted by Crippen LogP contribution is -2.14. The predicted octanol–water partition coefficient (Wildman–Crippen LogP) is 9.74. The van der Waals surface area contributed by atoms with Crippen LogP contribution in [0.25, 0.3) is 0 Å². The summed E-state index contributed by atoms with van der Waals surface area (Å²) < 4.78 is 11.2. The Hall–Kier alpha value is -0.0800. The van der Waals surface area contributed by atoms with Gasteiger partial charge in [0, 0.05) is 13.2 Å². The van der Waals surface area contributed by atoms with E-state index in [-0.39, 0.29) is 0 Å². The van der Waals surface area contributed by atoms with E-state index in [0.717, 1.165) is 19.8 Å². The molecule has 1 heterocycles. The van der Waals surface area contributed by atoms with Crippen molar-refractivity contribution in [2.45, 2.75) is 157 Å². The van der Waals surface area contributed by atoms with Gasteiger partial charge in [0.2, 0.25) is 0 Å². The Balaban J connectivity index is -0.000000566. The maximum absolute atomic E-state index is 5.66. The SMILES string of the molecule is CC.CCCC.CCCC.CCCCCCCCCCCCOC[C@@H]1CCCO1. The summed E-state index contributed by atoms with van der Waals surface area (Å²) >= 11 is 0. The van der Waals surface area contributed by atoms with Crippen molar-refractivity contribution in [3.05, 3.63) is 0 Å². The van der Waals surface area contributed by atoms with Crippen molar-refractivity contribution in [1.82, 2.24) is 0 Å². The number of hydrogen-bond donors (Lipinski definition) is 0. The molecule has 0 radical (unpaired) electrons. The number of hydrogen-bond acceptors (Lipinski definition) is 2. The van der Waals surface area contributed by atoms with Crippen LogP contribution in [-0.4, -0.2) is 25.9 Å². The third-order valence-electron chi connectivity index (χ3n) is 4.97. The van der Waals surface area contributed by atoms with Crippen LogP contribution in [0.15, 0.2) is 0 Å². The van der Waals surface area contributed by atoms with E-state index >= 15 is 0 Å². The van der Waals surface area contributed by atoms with E-state index in [9.17, 15) is 0 Å². The van der Waals surface area contributed by atoms with E-state index in [4.69, 9.17) is 9.47 Å². The third kappa shape index (κ3) is 35.7. The number of ether oxygens (including phenoxy) is 2. The first kappa shape index (κ1) is 33.6. The zero-order valence-corrected chi connectivity index (χ0v) is 21.8. The minimum absolute atomic E-state index is 0.392. The van der Waals surface area contributed by atoms with Gasteiger partial charge in [-0.1, -0.05) is 132 Å². The molecule has 0 amide bonds. The first-order valence-electron chi connectivity index (χ1n) is 13.5. The molecule has 180 valence electrons. The first-order chi connectivity index (χ1) is 14.3. The van der Waals surface area contributed by atoms with E-state index < -0.39 is 0 Å². The number of unbranched alkanes of at least 4 members (excludes halogenated alkanes) is 11. The molecule has 1 atom stereocenters. The summed E-state index contributed by atoms with van der Waals surface area (Å²) in [7, 11) is 0. The van der Waals surface area contributed by atoms with Crippen LogP contribution < -0.4 is 0 Å². The Bertz CT molecular complexity index is 217. The summed E-state index contributed by atoms with van der Waals surface area (Å²) in [6.07, 6.45) is 22.0. The van der Waals surface area contributed by atoms with Crippen LogP contribution in [0.1, 0.15) is 151 Å². The molecule has 1 rings (SSSR count). The molecule has 2 nitrogen and oxygen atoms in total. The van der Waals surface area contributed by atoms with Gasteiger partial charge in [-0.3, -0.25) is 0 Å². The molecule has 2 heteroatoms. The molecule has 1 aliphatic heterocycles. The van der Waals surface area contributed by atoms with Crippen LogP contribution >= 0.6 is 0 Å². The lowest BCUT2D eigenvalue weighted by molar-refractivity contribution is 0.0161. The molecule has 1 fully saturated rings. The van der Waals surface area contributed by atoms with Gasteiger partial charge in [-0.05, 0) is 19.3 Å². The third-order valence-corrected chi connectivity index (χ3v) is 4.97. The van der Waals surface area contributed by atoms with Gasteiger partial charge in [-0.15, -0.1) is 0 Å². The van der Waals surface area contributed by atoms with Gasteiger partial charge < -0.3 is 9.47 Å². The van der Waals surface area contributed by atoms with E-state index in [1.54, 1.807) is 0 Å². The largest absolute Gasteiger partial charge is 0.379 e. The highest BCUT2D eigenvalue weighted by molar-refractivity contribution is 4.63. The molecule has 0 N–H and O–H groups in total. The highest BCUT2D eigenvalue weighted by atomic mass is 16.5. The Morgan fingerprint density at radius 2 is 1.07 bits per heavy atom. The molecule has 1 saturated heterocycles. The van der Waals surface area contributed by atoms with Crippen molar-refractivity contribution in [3.8, 4) is 0 Å². The number of rotatable bonds is 15. The molecule has 29 heavy (non-hydrogen) atoms. The Labute approximate surface area is 186 Å². The van der Waals surface area contributed by atoms with Crippen LogP contribution in [0.2, 0.25) is 0 Å². The van der Waals surface area contributed by atoms with Crippen molar-refractivity contribution < 1.29 is 9.47 Å². The quantitative estimate of drug-likeness (QED) is 0.247. The Kier molecular flexibility index (Phi) is 40.9. The normalized spacial score (nSPS) is 14.8. The Morgan fingerprint density at radius 3 is 1.45 bits per heavy atom. The fourth-order valence-electron chi connectivity index (χ4n) is 2.68. The fraction of sp³-hybridized carbons (Fsp3) is 1.00. The van der Waals surface area contributed by atoms with Crippen molar-refractivity contribution >= 4 is 0 Å². The molecular weight excluding hydrogens is 356 g/mol.